The average Bonchev–Trinajstić information content (AvgIpc) is 2.94. The summed E-state index contributed by atoms with van der Waals surface area (Å²) >= 11 is 0. The van der Waals surface area contributed by atoms with Gasteiger partial charge in [-0.25, -0.2) is 0 Å². The molecule has 0 N–H and O–H groups in total. The van der Waals surface area contributed by atoms with E-state index in [-0.39, 0.29) is 24.0 Å². The molecule has 2 aromatic rings. The highest BCUT2D eigenvalue weighted by molar-refractivity contribution is 6.21. The van der Waals surface area contributed by atoms with Crippen LogP contribution in [-0.4, -0.2) is 36.7 Å². The predicted octanol–water partition coefficient (Wildman–Crippen LogP) is 4.28. The van der Waals surface area contributed by atoms with Crippen molar-refractivity contribution < 1.29 is 19.1 Å². The zero-order valence-electron chi connectivity index (χ0n) is 16.5. The van der Waals surface area contributed by atoms with Gasteiger partial charge >= 0.3 is 0 Å². The smallest absolute Gasteiger partial charge is 0.261 e. The van der Waals surface area contributed by atoms with Gasteiger partial charge in [0.05, 0.1) is 17.7 Å². The molecule has 0 saturated carbocycles. The Labute approximate surface area is 166 Å². The minimum atomic E-state index is -0.193. The molecule has 0 atom stereocenters. The van der Waals surface area contributed by atoms with Crippen molar-refractivity contribution in [3.8, 4) is 0 Å². The fourth-order valence-electron chi connectivity index (χ4n) is 3.18. The minimum Gasteiger partial charge on any atom is -0.355 e. The first-order chi connectivity index (χ1) is 13.5. The van der Waals surface area contributed by atoms with Gasteiger partial charge in [-0.2, -0.15) is 0 Å². The van der Waals surface area contributed by atoms with E-state index >= 15 is 0 Å². The van der Waals surface area contributed by atoms with Crippen LogP contribution in [0.25, 0.3) is 0 Å². The number of hydrogen-bond acceptors (Lipinski definition) is 4. The van der Waals surface area contributed by atoms with Crippen molar-refractivity contribution in [1.82, 2.24) is 4.90 Å². The maximum Gasteiger partial charge on any atom is 0.261 e. The molecule has 28 heavy (non-hydrogen) atoms. The average molecular weight is 381 g/mol. The standard InChI is InChI=1S/C23H27NO4/c1-23(2,13-15-27-17-28-16-18-8-4-3-5-9-18)12-14-24-21(25)19-10-6-7-11-20(19)22(24)26/h3-11H,12-17H2,1-2H3. The first kappa shape index (κ1) is 20.2. The summed E-state index contributed by atoms with van der Waals surface area (Å²) in [5.41, 5.74) is 2.08. The van der Waals surface area contributed by atoms with Crippen LogP contribution in [0.1, 0.15) is 53.0 Å². The number of nitrogens with zero attached hydrogens (tertiary/aromatic N) is 1. The van der Waals surface area contributed by atoms with E-state index in [9.17, 15) is 9.59 Å². The third kappa shape index (κ3) is 5.06. The Bertz CT molecular complexity index is 781. The van der Waals surface area contributed by atoms with Gasteiger partial charge < -0.3 is 9.47 Å². The molecule has 0 aromatic heterocycles. The Morgan fingerprint density at radius 2 is 1.43 bits per heavy atom. The van der Waals surface area contributed by atoms with E-state index < -0.39 is 0 Å². The third-order valence-corrected chi connectivity index (χ3v) is 5.09. The summed E-state index contributed by atoms with van der Waals surface area (Å²) in [6.45, 7) is 6.03. The highest BCUT2D eigenvalue weighted by Gasteiger charge is 2.35. The third-order valence-electron chi connectivity index (χ3n) is 5.09. The van der Waals surface area contributed by atoms with Crippen molar-refractivity contribution in [2.75, 3.05) is 19.9 Å². The quantitative estimate of drug-likeness (QED) is 0.350. The highest BCUT2D eigenvalue weighted by Crippen LogP contribution is 2.28. The maximum absolute atomic E-state index is 12.4. The van der Waals surface area contributed by atoms with Crippen LogP contribution in [0.5, 0.6) is 0 Å². The number of imide groups is 1. The molecule has 2 aromatic carbocycles. The van der Waals surface area contributed by atoms with Crippen LogP contribution in [0, 0.1) is 5.41 Å². The van der Waals surface area contributed by atoms with Crippen LogP contribution in [0.4, 0.5) is 0 Å². The summed E-state index contributed by atoms with van der Waals surface area (Å²) in [5.74, 6) is -0.385. The molecule has 0 bridgehead atoms. The van der Waals surface area contributed by atoms with E-state index in [1.165, 1.54) is 4.90 Å². The molecule has 1 aliphatic heterocycles. The summed E-state index contributed by atoms with van der Waals surface area (Å²) < 4.78 is 11.1. The molecule has 0 unspecified atom stereocenters. The Kier molecular flexibility index (Phi) is 6.60. The largest absolute Gasteiger partial charge is 0.355 e. The normalized spacial score (nSPS) is 13.9. The number of fused-ring (bicyclic) bond motifs is 1. The molecule has 5 heteroatoms. The Balaban J connectivity index is 1.36. The summed E-state index contributed by atoms with van der Waals surface area (Å²) in [6, 6.07) is 17.0. The summed E-state index contributed by atoms with van der Waals surface area (Å²) in [5, 5.41) is 0. The molecular formula is C23H27NO4. The van der Waals surface area contributed by atoms with Crippen molar-refractivity contribution in [2.24, 2.45) is 5.41 Å². The van der Waals surface area contributed by atoms with E-state index in [2.05, 4.69) is 13.8 Å². The number of carbonyl (C=O) groups excluding carboxylic acids is 2. The number of ether oxygens (including phenoxy) is 2. The first-order valence-electron chi connectivity index (χ1n) is 9.63. The number of amides is 2. The molecule has 1 aliphatic rings. The van der Waals surface area contributed by atoms with Crippen LogP contribution < -0.4 is 0 Å². The number of benzene rings is 2. The molecule has 0 saturated heterocycles. The second-order valence-corrected chi connectivity index (χ2v) is 7.83. The van der Waals surface area contributed by atoms with Gasteiger partial charge in [0.25, 0.3) is 11.8 Å². The van der Waals surface area contributed by atoms with Gasteiger partial charge in [-0.15, -0.1) is 0 Å². The van der Waals surface area contributed by atoms with Gasteiger partial charge in [0.15, 0.2) is 0 Å². The zero-order chi connectivity index (χ0) is 20.0. The Morgan fingerprint density at radius 3 is 2.07 bits per heavy atom. The summed E-state index contributed by atoms with van der Waals surface area (Å²) in [6.07, 6.45) is 1.55. The van der Waals surface area contributed by atoms with Gasteiger partial charge in [-0.05, 0) is 36.0 Å². The molecule has 3 rings (SSSR count). The van der Waals surface area contributed by atoms with Crippen LogP contribution in [-0.2, 0) is 16.1 Å². The van der Waals surface area contributed by atoms with Crippen molar-refractivity contribution in [1.29, 1.82) is 0 Å². The summed E-state index contributed by atoms with van der Waals surface area (Å²) in [4.78, 5) is 26.2. The zero-order valence-corrected chi connectivity index (χ0v) is 16.5. The Morgan fingerprint density at radius 1 is 0.821 bits per heavy atom. The SMILES string of the molecule is CC(C)(CCOCOCc1ccccc1)CCN1C(=O)c2ccccc2C1=O. The highest BCUT2D eigenvalue weighted by atomic mass is 16.7. The maximum atomic E-state index is 12.4. The predicted molar refractivity (Wildman–Crippen MR) is 107 cm³/mol. The molecule has 1 heterocycles. The van der Waals surface area contributed by atoms with Crippen molar-refractivity contribution >= 4 is 11.8 Å². The van der Waals surface area contributed by atoms with Crippen LogP contribution in [0.3, 0.4) is 0 Å². The van der Waals surface area contributed by atoms with E-state index in [1.807, 2.05) is 30.3 Å². The van der Waals surface area contributed by atoms with Crippen molar-refractivity contribution in [2.45, 2.75) is 33.3 Å². The van der Waals surface area contributed by atoms with Crippen LogP contribution in [0.15, 0.2) is 54.6 Å². The monoisotopic (exact) mass is 381 g/mol. The van der Waals surface area contributed by atoms with Crippen molar-refractivity contribution in [3.63, 3.8) is 0 Å². The molecular weight excluding hydrogens is 354 g/mol. The topological polar surface area (TPSA) is 55.8 Å². The van der Waals surface area contributed by atoms with Crippen LogP contribution >= 0.6 is 0 Å². The van der Waals surface area contributed by atoms with Gasteiger partial charge in [0.2, 0.25) is 0 Å². The van der Waals surface area contributed by atoms with E-state index in [1.54, 1.807) is 24.3 Å². The number of rotatable bonds is 10. The fourth-order valence-corrected chi connectivity index (χ4v) is 3.18. The second kappa shape index (κ2) is 9.13. The molecule has 0 radical (unpaired) electrons. The van der Waals surface area contributed by atoms with E-state index in [0.29, 0.717) is 30.9 Å². The lowest BCUT2D eigenvalue weighted by Crippen LogP contribution is -2.33. The van der Waals surface area contributed by atoms with Crippen LogP contribution in [0.2, 0.25) is 0 Å². The number of hydrogen-bond donors (Lipinski definition) is 0. The molecule has 0 fully saturated rings. The van der Waals surface area contributed by atoms with Crippen molar-refractivity contribution in [3.05, 3.63) is 71.3 Å². The second-order valence-electron chi connectivity index (χ2n) is 7.83. The molecule has 0 aliphatic carbocycles. The molecule has 2 amide bonds. The fraction of sp³-hybridized carbons (Fsp3) is 0.391. The van der Waals surface area contributed by atoms with E-state index in [4.69, 9.17) is 9.47 Å². The van der Waals surface area contributed by atoms with E-state index in [0.717, 1.165) is 18.4 Å². The minimum absolute atomic E-state index is 0.0469. The lowest BCUT2D eigenvalue weighted by Gasteiger charge is -2.26. The molecule has 5 nitrogen and oxygen atoms in total. The molecule has 148 valence electrons. The lowest BCUT2D eigenvalue weighted by atomic mass is 9.86. The Hall–Kier alpha value is -2.50. The number of carbonyl (C=O) groups is 2. The first-order valence-corrected chi connectivity index (χ1v) is 9.63. The molecule has 0 spiro atoms. The van der Waals surface area contributed by atoms with Gasteiger partial charge in [0.1, 0.15) is 6.79 Å². The van der Waals surface area contributed by atoms with Gasteiger partial charge in [0, 0.05) is 13.2 Å². The van der Waals surface area contributed by atoms with Gasteiger partial charge in [-0.1, -0.05) is 56.3 Å². The lowest BCUT2D eigenvalue weighted by molar-refractivity contribution is -0.0677. The van der Waals surface area contributed by atoms with Gasteiger partial charge in [-0.3, -0.25) is 14.5 Å². The summed E-state index contributed by atoms with van der Waals surface area (Å²) in [7, 11) is 0.